The molecule has 22 heavy (non-hydrogen) atoms. The second kappa shape index (κ2) is 8.09. The van der Waals surface area contributed by atoms with Crippen molar-refractivity contribution in [2.75, 3.05) is 0 Å². The van der Waals surface area contributed by atoms with Crippen molar-refractivity contribution in [2.24, 2.45) is 0 Å². The zero-order valence-corrected chi connectivity index (χ0v) is 12.2. The van der Waals surface area contributed by atoms with Crippen LogP contribution in [0.5, 0.6) is 0 Å². The molecule has 0 atom stereocenters. The first-order valence-corrected chi connectivity index (χ1v) is 7.29. The molecule has 0 fully saturated rings. The molecule has 0 aliphatic rings. The van der Waals surface area contributed by atoms with Crippen molar-refractivity contribution >= 4 is 5.57 Å². The number of rotatable bonds is 6. The van der Waals surface area contributed by atoms with Crippen LogP contribution in [-0.4, -0.2) is 0 Å². The second-order valence-corrected chi connectivity index (χ2v) is 5.12. The molecular formula is C19H17F2N. The monoisotopic (exact) mass is 297 g/mol. The maximum atomic E-state index is 13.1. The fraction of sp³-hybridized carbons (Fsp3) is 0.211. The summed E-state index contributed by atoms with van der Waals surface area (Å²) in [6, 6.07) is 18.3. The summed E-state index contributed by atoms with van der Waals surface area (Å²) in [4.78, 5) is 0. The standard InChI is InChI=1S/C19H17F2N/c20-19(21)18(17-12-10-16(14-22)11-13-17)9-5-4-8-15-6-2-1-3-7-15/h1-3,6-7,10-13H,4-5,8-9H2. The summed E-state index contributed by atoms with van der Waals surface area (Å²) in [6.45, 7) is 0. The van der Waals surface area contributed by atoms with E-state index in [1.165, 1.54) is 5.56 Å². The average Bonchev–Trinajstić information content (AvgIpc) is 2.56. The molecule has 0 aromatic heterocycles. The van der Waals surface area contributed by atoms with Crippen LogP contribution in [0.4, 0.5) is 8.78 Å². The lowest BCUT2D eigenvalue weighted by Crippen LogP contribution is -1.90. The van der Waals surface area contributed by atoms with Crippen LogP contribution < -0.4 is 0 Å². The summed E-state index contributed by atoms with van der Waals surface area (Å²) >= 11 is 0. The fourth-order valence-electron chi connectivity index (χ4n) is 2.37. The lowest BCUT2D eigenvalue weighted by atomic mass is 9.98. The summed E-state index contributed by atoms with van der Waals surface area (Å²) in [5.74, 6) is 0. The van der Waals surface area contributed by atoms with Crippen LogP contribution in [0.1, 0.15) is 36.0 Å². The lowest BCUT2D eigenvalue weighted by Gasteiger charge is -2.07. The normalized spacial score (nSPS) is 10.0. The van der Waals surface area contributed by atoms with Crippen molar-refractivity contribution < 1.29 is 8.78 Å². The van der Waals surface area contributed by atoms with E-state index in [1.54, 1.807) is 24.3 Å². The molecule has 2 rings (SSSR count). The molecule has 0 unspecified atom stereocenters. The van der Waals surface area contributed by atoms with E-state index in [1.807, 2.05) is 36.4 Å². The minimum Gasteiger partial charge on any atom is -0.192 e. The summed E-state index contributed by atoms with van der Waals surface area (Å²) in [5.41, 5.74) is 2.29. The van der Waals surface area contributed by atoms with Crippen LogP contribution in [0.25, 0.3) is 5.57 Å². The zero-order valence-electron chi connectivity index (χ0n) is 12.2. The molecule has 0 amide bonds. The van der Waals surface area contributed by atoms with Gasteiger partial charge in [-0.25, -0.2) is 0 Å². The van der Waals surface area contributed by atoms with Crippen molar-refractivity contribution in [3.63, 3.8) is 0 Å². The number of hydrogen-bond donors (Lipinski definition) is 0. The Kier molecular flexibility index (Phi) is 5.85. The van der Waals surface area contributed by atoms with Crippen molar-refractivity contribution in [1.82, 2.24) is 0 Å². The highest BCUT2D eigenvalue weighted by atomic mass is 19.3. The molecule has 0 N–H and O–H groups in total. The molecule has 0 spiro atoms. The third-order valence-corrected chi connectivity index (χ3v) is 3.58. The molecule has 2 aromatic carbocycles. The SMILES string of the molecule is N#Cc1ccc(C(CCCCc2ccccc2)=C(F)F)cc1. The van der Waals surface area contributed by atoms with Crippen molar-refractivity contribution in [1.29, 1.82) is 5.26 Å². The molecule has 0 radical (unpaired) electrons. The summed E-state index contributed by atoms with van der Waals surface area (Å²) in [6.07, 6.45) is 1.19. The zero-order chi connectivity index (χ0) is 15.8. The minimum absolute atomic E-state index is 0.0811. The predicted molar refractivity (Wildman–Crippen MR) is 84.3 cm³/mol. The number of allylic oxidation sites excluding steroid dienone is 1. The summed E-state index contributed by atoms with van der Waals surface area (Å²) < 4.78 is 26.3. The number of hydrogen-bond acceptors (Lipinski definition) is 1. The fourth-order valence-corrected chi connectivity index (χ4v) is 2.37. The highest BCUT2D eigenvalue weighted by molar-refractivity contribution is 5.66. The molecule has 112 valence electrons. The maximum absolute atomic E-state index is 13.1. The summed E-state index contributed by atoms with van der Waals surface area (Å²) in [7, 11) is 0. The number of nitrogens with zero attached hydrogens (tertiary/aromatic N) is 1. The predicted octanol–water partition coefficient (Wildman–Crippen LogP) is 5.58. The Morgan fingerprint density at radius 2 is 1.59 bits per heavy atom. The van der Waals surface area contributed by atoms with E-state index >= 15 is 0 Å². The highest BCUT2D eigenvalue weighted by Crippen LogP contribution is 2.26. The van der Waals surface area contributed by atoms with E-state index in [9.17, 15) is 8.78 Å². The Bertz CT molecular complexity index is 663. The number of unbranched alkanes of at least 4 members (excludes halogenated alkanes) is 1. The number of benzene rings is 2. The Balaban J connectivity index is 1.93. The van der Waals surface area contributed by atoms with Crippen LogP contribution in [0, 0.1) is 11.3 Å². The van der Waals surface area contributed by atoms with Gasteiger partial charge in [0.2, 0.25) is 0 Å². The molecule has 0 aliphatic carbocycles. The van der Waals surface area contributed by atoms with E-state index in [4.69, 9.17) is 5.26 Å². The number of nitriles is 1. The Hall–Kier alpha value is -2.47. The van der Waals surface area contributed by atoms with Crippen LogP contribution in [0.15, 0.2) is 60.7 Å². The van der Waals surface area contributed by atoms with Crippen LogP contribution >= 0.6 is 0 Å². The van der Waals surface area contributed by atoms with Gasteiger partial charge in [0.15, 0.2) is 0 Å². The Morgan fingerprint density at radius 3 is 2.18 bits per heavy atom. The van der Waals surface area contributed by atoms with Gasteiger partial charge in [-0.2, -0.15) is 14.0 Å². The molecule has 1 nitrogen and oxygen atoms in total. The van der Waals surface area contributed by atoms with Gasteiger partial charge in [0.1, 0.15) is 0 Å². The van der Waals surface area contributed by atoms with Gasteiger partial charge in [-0.3, -0.25) is 0 Å². The van der Waals surface area contributed by atoms with E-state index in [0.29, 0.717) is 24.0 Å². The first-order valence-electron chi connectivity index (χ1n) is 7.29. The van der Waals surface area contributed by atoms with Gasteiger partial charge >= 0.3 is 0 Å². The van der Waals surface area contributed by atoms with Gasteiger partial charge in [-0.1, -0.05) is 42.5 Å². The van der Waals surface area contributed by atoms with Crippen molar-refractivity contribution in [2.45, 2.75) is 25.7 Å². The highest BCUT2D eigenvalue weighted by Gasteiger charge is 2.09. The van der Waals surface area contributed by atoms with Gasteiger partial charge in [-0.15, -0.1) is 0 Å². The number of halogens is 2. The van der Waals surface area contributed by atoms with Crippen LogP contribution in [-0.2, 0) is 6.42 Å². The van der Waals surface area contributed by atoms with Gasteiger partial charge in [0, 0.05) is 5.57 Å². The molecule has 2 aromatic rings. The molecule has 0 saturated carbocycles. The van der Waals surface area contributed by atoms with Crippen LogP contribution in [0.2, 0.25) is 0 Å². The van der Waals surface area contributed by atoms with Crippen LogP contribution in [0.3, 0.4) is 0 Å². The molecular weight excluding hydrogens is 280 g/mol. The first kappa shape index (κ1) is 15.9. The molecule has 3 heteroatoms. The van der Waals surface area contributed by atoms with E-state index in [-0.39, 0.29) is 5.57 Å². The van der Waals surface area contributed by atoms with Gasteiger partial charge in [0.05, 0.1) is 11.6 Å². The maximum Gasteiger partial charge on any atom is 0.274 e. The quantitative estimate of drug-likeness (QED) is 0.639. The van der Waals surface area contributed by atoms with Gasteiger partial charge < -0.3 is 0 Å². The topological polar surface area (TPSA) is 23.8 Å². The first-order chi connectivity index (χ1) is 10.7. The molecule has 0 aliphatic heterocycles. The largest absolute Gasteiger partial charge is 0.274 e. The summed E-state index contributed by atoms with van der Waals surface area (Å²) in [5, 5.41) is 8.75. The van der Waals surface area contributed by atoms with Crippen molar-refractivity contribution in [3.8, 4) is 6.07 Å². The lowest BCUT2D eigenvalue weighted by molar-refractivity contribution is 0.422. The van der Waals surface area contributed by atoms with E-state index in [2.05, 4.69) is 0 Å². The molecule has 0 heterocycles. The third-order valence-electron chi connectivity index (χ3n) is 3.58. The van der Waals surface area contributed by atoms with Crippen molar-refractivity contribution in [3.05, 3.63) is 77.4 Å². The van der Waals surface area contributed by atoms with Gasteiger partial charge in [0.25, 0.3) is 6.08 Å². The molecule has 0 bridgehead atoms. The molecule has 0 saturated heterocycles. The van der Waals surface area contributed by atoms with Gasteiger partial charge in [-0.05, 0) is 48.9 Å². The Morgan fingerprint density at radius 1 is 0.909 bits per heavy atom. The average molecular weight is 297 g/mol. The minimum atomic E-state index is -1.63. The van der Waals surface area contributed by atoms with E-state index < -0.39 is 6.08 Å². The second-order valence-electron chi connectivity index (χ2n) is 5.12. The Labute approximate surface area is 129 Å². The smallest absolute Gasteiger partial charge is 0.192 e. The third kappa shape index (κ3) is 4.53. The van der Waals surface area contributed by atoms with E-state index in [0.717, 1.165) is 12.8 Å². The number of aryl methyl sites for hydroxylation is 1.